The number of carbonyl (C=O) groups is 2. The molecule has 0 unspecified atom stereocenters. The van der Waals surface area contributed by atoms with Crippen molar-refractivity contribution in [3.8, 4) is 17.2 Å². The molecular weight excluding hydrogens is 424 g/mol. The Kier molecular flexibility index (Phi) is 9.79. The Labute approximate surface area is 201 Å². The van der Waals surface area contributed by atoms with Gasteiger partial charge in [0.25, 0.3) is 0 Å². The molecule has 0 radical (unpaired) electrons. The predicted molar refractivity (Wildman–Crippen MR) is 137 cm³/mol. The molecule has 0 aliphatic heterocycles. The minimum atomic E-state index is -0.440. The Hall–Kier alpha value is -4.17. The summed E-state index contributed by atoms with van der Waals surface area (Å²) in [5.74, 6) is -0.333. The molecule has 34 heavy (non-hydrogen) atoms. The molecule has 5 heteroatoms. The van der Waals surface area contributed by atoms with Crippen molar-refractivity contribution in [1.29, 1.82) is 5.26 Å². The van der Waals surface area contributed by atoms with Gasteiger partial charge in [0, 0.05) is 19.4 Å². The summed E-state index contributed by atoms with van der Waals surface area (Å²) in [5, 5.41) is 12.7. The van der Waals surface area contributed by atoms with Crippen molar-refractivity contribution in [2.75, 3.05) is 12.4 Å². The van der Waals surface area contributed by atoms with Crippen molar-refractivity contribution in [2.45, 2.75) is 33.2 Å². The maximum Gasteiger partial charge on any atom is 0.339 e. The molecule has 0 bridgehead atoms. The Bertz CT molecular complexity index is 1190. The van der Waals surface area contributed by atoms with Gasteiger partial charge in [-0.3, -0.25) is 4.79 Å². The van der Waals surface area contributed by atoms with Crippen LogP contribution in [0.2, 0.25) is 0 Å². The molecule has 174 valence electrons. The van der Waals surface area contributed by atoms with E-state index in [0.717, 1.165) is 27.8 Å². The van der Waals surface area contributed by atoms with Gasteiger partial charge in [0.05, 0.1) is 30.0 Å². The molecule has 5 nitrogen and oxygen atoms in total. The van der Waals surface area contributed by atoms with Crippen molar-refractivity contribution in [2.24, 2.45) is 0 Å². The van der Waals surface area contributed by atoms with Gasteiger partial charge in [-0.25, -0.2) is 4.79 Å². The van der Waals surface area contributed by atoms with Gasteiger partial charge in [0.2, 0.25) is 0 Å². The Balaban J connectivity index is 0.00000199. The van der Waals surface area contributed by atoms with E-state index >= 15 is 0 Å². The molecule has 0 fully saturated rings. The highest BCUT2D eigenvalue weighted by atomic mass is 16.5. The van der Waals surface area contributed by atoms with Crippen LogP contribution < -0.4 is 5.32 Å². The average molecular weight is 455 g/mol. The van der Waals surface area contributed by atoms with Crippen molar-refractivity contribution >= 4 is 17.4 Å². The third-order valence-electron chi connectivity index (χ3n) is 5.33. The first-order chi connectivity index (χ1) is 16.5. The summed E-state index contributed by atoms with van der Waals surface area (Å²) in [4.78, 5) is 24.5. The number of Topliss-reactive ketones (excluding diaryl/α,β-unsaturated/α-hetero) is 1. The molecule has 1 N–H and O–H groups in total. The number of rotatable bonds is 8. The number of nitrogens with zero attached hydrogens (tertiary/aromatic N) is 1. The molecule has 0 amide bonds. The molecule has 0 aliphatic carbocycles. The largest absolute Gasteiger partial charge is 0.465 e. The first-order valence-corrected chi connectivity index (χ1v) is 11.0. The van der Waals surface area contributed by atoms with Crippen LogP contribution in [0.25, 0.3) is 11.1 Å². The molecule has 3 aromatic rings. The maximum atomic E-state index is 12.4. The van der Waals surface area contributed by atoms with Gasteiger partial charge in [-0.15, -0.1) is 13.2 Å². The number of carbonyl (C=O) groups excluding carboxylic acids is 2. The second-order valence-electron chi connectivity index (χ2n) is 7.62. The Morgan fingerprint density at radius 3 is 2.35 bits per heavy atom. The molecule has 0 saturated carbocycles. The minimum absolute atomic E-state index is 0.106. The smallest absolute Gasteiger partial charge is 0.339 e. The van der Waals surface area contributed by atoms with Crippen LogP contribution in [0.5, 0.6) is 0 Å². The van der Waals surface area contributed by atoms with E-state index in [1.807, 2.05) is 62.4 Å². The fraction of sp³-hybridized carbons (Fsp3) is 0.207. The summed E-state index contributed by atoms with van der Waals surface area (Å²) in [6.07, 6.45) is 0.695. The highest BCUT2D eigenvalue weighted by Crippen LogP contribution is 2.27. The van der Waals surface area contributed by atoms with Gasteiger partial charge in [0.1, 0.15) is 5.78 Å². The zero-order valence-corrected chi connectivity index (χ0v) is 20.0. The third-order valence-corrected chi connectivity index (χ3v) is 5.33. The quantitative estimate of drug-likeness (QED) is 0.321. The number of nitrogens with one attached hydrogen (secondary N) is 1. The molecular formula is C29H30N2O3. The normalized spacial score (nSPS) is 9.82. The zero-order chi connectivity index (χ0) is 25.1. The summed E-state index contributed by atoms with van der Waals surface area (Å²) in [5.41, 5.74) is 6.23. The van der Waals surface area contributed by atoms with Crippen LogP contribution in [0.3, 0.4) is 0 Å². The number of ketones is 1. The number of benzene rings is 3. The van der Waals surface area contributed by atoms with E-state index in [-0.39, 0.29) is 12.2 Å². The average Bonchev–Trinajstić information content (AvgIpc) is 2.88. The standard InChI is InChI=1S/C27H26N2O3.C2H4/c1-4-23(30)15-22-13-18(2)14-25(27(31)32-3)26(22)29-17-19-9-11-20(12-10-19)24-8-6-5-7-21(24)16-28;1-2/h5-14,29H,4,15,17H2,1-3H3;1-2H2. The maximum absolute atomic E-state index is 12.4. The van der Waals surface area contributed by atoms with Crippen molar-refractivity contribution in [1.82, 2.24) is 0 Å². The lowest BCUT2D eigenvalue weighted by Crippen LogP contribution is -2.13. The van der Waals surface area contributed by atoms with Crippen LogP contribution in [0.15, 0.2) is 73.8 Å². The fourth-order valence-corrected chi connectivity index (χ4v) is 3.64. The second-order valence-corrected chi connectivity index (χ2v) is 7.62. The Morgan fingerprint density at radius 1 is 1.06 bits per heavy atom. The number of methoxy groups -OCH3 is 1. The Morgan fingerprint density at radius 2 is 1.74 bits per heavy atom. The number of anilines is 1. The minimum Gasteiger partial charge on any atom is -0.465 e. The number of ether oxygens (including phenoxy) is 1. The SMILES string of the molecule is C=C.CCC(=O)Cc1cc(C)cc(C(=O)OC)c1NCc1ccc(-c2ccccc2C#N)cc1. The number of hydrogen-bond acceptors (Lipinski definition) is 5. The van der Waals surface area contributed by atoms with Crippen LogP contribution >= 0.6 is 0 Å². The molecule has 0 spiro atoms. The van der Waals surface area contributed by atoms with E-state index in [2.05, 4.69) is 24.5 Å². The number of nitriles is 1. The van der Waals surface area contributed by atoms with E-state index < -0.39 is 5.97 Å². The summed E-state index contributed by atoms with van der Waals surface area (Å²) in [7, 11) is 1.35. The topological polar surface area (TPSA) is 79.2 Å². The molecule has 0 aromatic heterocycles. The van der Waals surface area contributed by atoms with Gasteiger partial charge in [0.15, 0.2) is 0 Å². The van der Waals surface area contributed by atoms with E-state index in [1.54, 1.807) is 12.1 Å². The van der Waals surface area contributed by atoms with Gasteiger partial charge in [-0.2, -0.15) is 5.26 Å². The first kappa shape index (κ1) is 26.1. The van der Waals surface area contributed by atoms with E-state index in [1.165, 1.54) is 7.11 Å². The number of aryl methyl sites for hydroxylation is 1. The molecule has 0 saturated heterocycles. The van der Waals surface area contributed by atoms with Crippen LogP contribution in [0, 0.1) is 18.3 Å². The lowest BCUT2D eigenvalue weighted by Gasteiger charge is -2.17. The number of hydrogen-bond donors (Lipinski definition) is 1. The summed E-state index contributed by atoms with van der Waals surface area (Å²) < 4.78 is 4.97. The lowest BCUT2D eigenvalue weighted by molar-refractivity contribution is -0.118. The van der Waals surface area contributed by atoms with Gasteiger partial charge in [-0.05, 0) is 46.9 Å². The van der Waals surface area contributed by atoms with E-state index in [9.17, 15) is 14.9 Å². The second kappa shape index (κ2) is 12.8. The van der Waals surface area contributed by atoms with Crippen LogP contribution in [0.1, 0.15) is 46.0 Å². The molecule has 0 heterocycles. The molecule has 3 rings (SSSR count). The van der Waals surface area contributed by atoms with E-state index in [0.29, 0.717) is 29.8 Å². The van der Waals surface area contributed by atoms with Crippen LogP contribution in [-0.2, 0) is 22.5 Å². The lowest BCUT2D eigenvalue weighted by atomic mass is 9.97. The van der Waals surface area contributed by atoms with Gasteiger partial charge >= 0.3 is 5.97 Å². The highest BCUT2D eigenvalue weighted by molar-refractivity contribution is 5.97. The molecule has 0 aliphatic rings. The molecule has 0 atom stereocenters. The molecule has 3 aromatic carbocycles. The third kappa shape index (κ3) is 6.43. The summed E-state index contributed by atoms with van der Waals surface area (Å²) in [6.45, 7) is 10.2. The fourth-order valence-electron chi connectivity index (χ4n) is 3.64. The van der Waals surface area contributed by atoms with Crippen molar-refractivity contribution in [3.05, 3.63) is 102 Å². The van der Waals surface area contributed by atoms with Crippen molar-refractivity contribution in [3.63, 3.8) is 0 Å². The van der Waals surface area contributed by atoms with Crippen molar-refractivity contribution < 1.29 is 14.3 Å². The number of esters is 1. The predicted octanol–water partition coefficient (Wildman–Crippen LogP) is 6.26. The zero-order valence-electron chi connectivity index (χ0n) is 20.0. The van der Waals surface area contributed by atoms with E-state index in [4.69, 9.17) is 4.74 Å². The monoisotopic (exact) mass is 454 g/mol. The highest BCUT2D eigenvalue weighted by Gasteiger charge is 2.18. The summed E-state index contributed by atoms with van der Waals surface area (Å²) in [6, 6.07) is 21.4. The van der Waals surface area contributed by atoms with Gasteiger partial charge in [-0.1, -0.05) is 55.5 Å². The summed E-state index contributed by atoms with van der Waals surface area (Å²) >= 11 is 0. The van der Waals surface area contributed by atoms with Crippen LogP contribution in [-0.4, -0.2) is 18.9 Å². The van der Waals surface area contributed by atoms with Gasteiger partial charge < -0.3 is 10.1 Å². The first-order valence-electron chi connectivity index (χ1n) is 11.0. The van der Waals surface area contributed by atoms with Crippen LogP contribution in [0.4, 0.5) is 5.69 Å².